The molecule has 6 heteroatoms. The minimum absolute atomic E-state index is 0.254. The van der Waals surface area contributed by atoms with E-state index in [0.29, 0.717) is 17.1 Å². The first-order valence-corrected chi connectivity index (χ1v) is 6.50. The van der Waals surface area contributed by atoms with Gasteiger partial charge in [-0.05, 0) is 31.2 Å². The monoisotopic (exact) mass is 281 g/mol. The van der Waals surface area contributed by atoms with Crippen molar-refractivity contribution in [2.45, 2.75) is 6.92 Å². The Morgan fingerprint density at radius 2 is 2.00 bits per heavy atom. The van der Waals surface area contributed by atoms with E-state index in [2.05, 4.69) is 15.3 Å². The van der Waals surface area contributed by atoms with E-state index in [1.807, 2.05) is 13.0 Å². The molecule has 21 heavy (non-hydrogen) atoms. The molecule has 0 saturated heterocycles. The van der Waals surface area contributed by atoms with Gasteiger partial charge in [-0.15, -0.1) is 0 Å². The van der Waals surface area contributed by atoms with Gasteiger partial charge in [0.1, 0.15) is 11.5 Å². The minimum atomic E-state index is -0.254. The van der Waals surface area contributed by atoms with Crippen molar-refractivity contribution in [2.75, 3.05) is 23.8 Å². The van der Waals surface area contributed by atoms with Gasteiger partial charge in [-0.1, -0.05) is 0 Å². The van der Waals surface area contributed by atoms with E-state index in [1.54, 1.807) is 31.3 Å². The van der Waals surface area contributed by atoms with Crippen molar-refractivity contribution in [3.8, 4) is 6.07 Å². The highest BCUT2D eigenvalue weighted by Crippen LogP contribution is 2.15. The number of hydrogen-bond donors (Lipinski definition) is 1. The van der Waals surface area contributed by atoms with Crippen LogP contribution in [0.4, 0.5) is 11.5 Å². The number of rotatable bonds is 4. The molecule has 2 aromatic rings. The maximum atomic E-state index is 12.3. The Morgan fingerprint density at radius 3 is 2.52 bits per heavy atom. The molecule has 106 valence electrons. The number of carbonyl (C=O) groups is 1. The molecule has 0 atom stereocenters. The summed E-state index contributed by atoms with van der Waals surface area (Å²) in [6, 6.07) is 8.81. The number of carbonyl (C=O) groups excluding carboxylic acids is 1. The van der Waals surface area contributed by atoms with Crippen molar-refractivity contribution in [1.82, 2.24) is 9.97 Å². The number of benzene rings is 1. The average molecular weight is 281 g/mol. The van der Waals surface area contributed by atoms with Gasteiger partial charge in [0, 0.05) is 19.3 Å². The predicted molar refractivity (Wildman–Crippen MR) is 80.1 cm³/mol. The van der Waals surface area contributed by atoms with Gasteiger partial charge in [-0.3, -0.25) is 4.79 Å². The summed E-state index contributed by atoms with van der Waals surface area (Å²) in [4.78, 5) is 22.0. The normalized spacial score (nSPS) is 9.76. The zero-order chi connectivity index (χ0) is 15.2. The zero-order valence-corrected chi connectivity index (χ0v) is 11.9. The standard InChI is InChI=1S/C15H15N5O/c1-3-17-14-10-18-13(9-19-14)15(21)20(2)12-6-4-11(8-16)5-7-12/h4-7,9-10H,3H2,1-2H3,(H,17,19). The van der Waals surface area contributed by atoms with Crippen molar-refractivity contribution in [1.29, 1.82) is 5.26 Å². The van der Waals surface area contributed by atoms with Gasteiger partial charge in [0.25, 0.3) is 5.91 Å². The van der Waals surface area contributed by atoms with E-state index in [9.17, 15) is 4.79 Å². The van der Waals surface area contributed by atoms with Crippen molar-refractivity contribution >= 4 is 17.4 Å². The number of amides is 1. The molecule has 6 nitrogen and oxygen atoms in total. The lowest BCUT2D eigenvalue weighted by atomic mass is 10.2. The van der Waals surface area contributed by atoms with Gasteiger partial charge in [-0.2, -0.15) is 5.26 Å². The van der Waals surface area contributed by atoms with Crippen LogP contribution in [0.25, 0.3) is 0 Å². The highest BCUT2D eigenvalue weighted by molar-refractivity contribution is 6.04. The summed E-state index contributed by atoms with van der Waals surface area (Å²) < 4.78 is 0. The Bertz CT molecular complexity index is 658. The van der Waals surface area contributed by atoms with Crippen LogP contribution in [0.2, 0.25) is 0 Å². The third kappa shape index (κ3) is 3.34. The highest BCUT2D eigenvalue weighted by Gasteiger charge is 2.15. The number of nitriles is 1. The van der Waals surface area contributed by atoms with E-state index in [-0.39, 0.29) is 11.6 Å². The number of aromatic nitrogens is 2. The van der Waals surface area contributed by atoms with Crippen LogP contribution in [-0.4, -0.2) is 29.5 Å². The first-order chi connectivity index (χ1) is 10.2. The highest BCUT2D eigenvalue weighted by atomic mass is 16.2. The fourth-order valence-corrected chi connectivity index (χ4v) is 1.76. The molecule has 0 fully saturated rings. The zero-order valence-electron chi connectivity index (χ0n) is 11.9. The molecule has 2 rings (SSSR count). The van der Waals surface area contributed by atoms with Gasteiger partial charge in [0.05, 0.1) is 24.0 Å². The van der Waals surface area contributed by atoms with E-state index in [1.165, 1.54) is 17.3 Å². The lowest BCUT2D eigenvalue weighted by Crippen LogP contribution is -2.27. The van der Waals surface area contributed by atoms with Crippen LogP contribution in [0.3, 0.4) is 0 Å². The fraction of sp³-hybridized carbons (Fsp3) is 0.200. The van der Waals surface area contributed by atoms with E-state index >= 15 is 0 Å². The summed E-state index contributed by atoms with van der Waals surface area (Å²) in [5.74, 6) is 0.380. The van der Waals surface area contributed by atoms with Crippen LogP contribution in [-0.2, 0) is 0 Å². The Labute approximate surface area is 123 Å². The number of anilines is 2. The smallest absolute Gasteiger partial charge is 0.278 e. The Morgan fingerprint density at radius 1 is 1.29 bits per heavy atom. The average Bonchev–Trinajstić information content (AvgIpc) is 2.54. The summed E-state index contributed by atoms with van der Waals surface area (Å²) in [5, 5.41) is 11.8. The first kappa shape index (κ1) is 14.5. The molecule has 0 saturated carbocycles. The topological polar surface area (TPSA) is 81.9 Å². The SMILES string of the molecule is CCNc1cnc(C(=O)N(C)c2ccc(C#N)cc2)cn1. The molecule has 1 N–H and O–H groups in total. The van der Waals surface area contributed by atoms with Crippen LogP contribution >= 0.6 is 0 Å². The molecule has 1 aromatic carbocycles. The second-order valence-electron chi connectivity index (χ2n) is 4.34. The maximum Gasteiger partial charge on any atom is 0.278 e. The summed E-state index contributed by atoms with van der Waals surface area (Å²) in [7, 11) is 1.66. The molecule has 0 aliphatic heterocycles. The van der Waals surface area contributed by atoms with Crippen molar-refractivity contribution in [3.05, 3.63) is 47.9 Å². The van der Waals surface area contributed by atoms with Crippen molar-refractivity contribution in [2.24, 2.45) is 0 Å². The second kappa shape index (κ2) is 6.48. The molecule has 1 aromatic heterocycles. The first-order valence-electron chi connectivity index (χ1n) is 6.50. The van der Waals surface area contributed by atoms with Crippen molar-refractivity contribution in [3.63, 3.8) is 0 Å². The van der Waals surface area contributed by atoms with E-state index in [0.717, 1.165) is 6.54 Å². The molecule has 1 amide bonds. The molecule has 0 spiro atoms. The molecule has 0 aliphatic rings. The Balaban J connectivity index is 2.16. The summed E-state index contributed by atoms with van der Waals surface area (Å²) >= 11 is 0. The van der Waals surface area contributed by atoms with Crippen LogP contribution < -0.4 is 10.2 Å². The number of nitrogens with zero attached hydrogens (tertiary/aromatic N) is 4. The molecule has 0 bridgehead atoms. The third-order valence-electron chi connectivity index (χ3n) is 2.92. The van der Waals surface area contributed by atoms with Gasteiger partial charge < -0.3 is 10.2 Å². The quantitative estimate of drug-likeness (QED) is 0.927. The Hall–Kier alpha value is -2.94. The maximum absolute atomic E-state index is 12.3. The summed E-state index contributed by atoms with van der Waals surface area (Å²) in [5.41, 5.74) is 1.51. The second-order valence-corrected chi connectivity index (χ2v) is 4.34. The van der Waals surface area contributed by atoms with E-state index < -0.39 is 0 Å². The third-order valence-corrected chi connectivity index (χ3v) is 2.92. The summed E-state index contributed by atoms with van der Waals surface area (Å²) in [6.07, 6.45) is 2.98. The fourth-order valence-electron chi connectivity index (χ4n) is 1.76. The molecular formula is C15H15N5O. The predicted octanol–water partition coefficient (Wildman–Crippen LogP) is 2.06. The van der Waals surface area contributed by atoms with Gasteiger partial charge >= 0.3 is 0 Å². The molecule has 1 heterocycles. The molecule has 0 radical (unpaired) electrons. The largest absolute Gasteiger partial charge is 0.369 e. The van der Waals surface area contributed by atoms with Crippen LogP contribution in [0.1, 0.15) is 23.0 Å². The molecular weight excluding hydrogens is 266 g/mol. The van der Waals surface area contributed by atoms with Gasteiger partial charge in [-0.25, -0.2) is 9.97 Å². The number of hydrogen-bond acceptors (Lipinski definition) is 5. The Kier molecular flexibility index (Phi) is 4.46. The minimum Gasteiger partial charge on any atom is -0.369 e. The van der Waals surface area contributed by atoms with Crippen LogP contribution in [0.5, 0.6) is 0 Å². The van der Waals surface area contributed by atoms with Gasteiger partial charge in [0.2, 0.25) is 0 Å². The van der Waals surface area contributed by atoms with Crippen LogP contribution in [0, 0.1) is 11.3 Å². The number of nitrogens with one attached hydrogen (secondary N) is 1. The lowest BCUT2D eigenvalue weighted by molar-refractivity contribution is 0.0988. The van der Waals surface area contributed by atoms with Crippen LogP contribution in [0.15, 0.2) is 36.7 Å². The summed E-state index contributed by atoms with van der Waals surface area (Å²) in [6.45, 7) is 2.70. The van der Waals surface area contributed by atoms with E-state index in [4.69, 9.17) is 5.26 Å². The van der Waals surface area contributed by atoms with Crippen molar-refractivity contribution < 1.29 is 4.79 Å². The molecule has 0 aliphatic carbocycles. The van der Waals surface area contributed by atoms with Gasteiger partial charge in [0.15, 0.2) is 0 Å². The lowest BCUT2D eigenvalue weighted by Gasteiger charge is -2.16. The molecule has 0 unspecified atom stereocenters.